The van der Waals surface area contributed by atoms with Gasteiger partial charge in [-0.2, -0.15) is 0 Å². The molecule has 0 bridgehead atoms. The van der Waals surface area contributed by atoms with Crippen molar-refractivity contribution >= 4 is 23.2 Å². The van der Waals surface area contributed by atoms with E-state index >= 15 is 0 Å². The molecule has 1 aromatic carbocycles. The van der Waals surface area contributed by atoms with Crippen LogP contribution in [0.1, 0.15) is 20.8 Å². The van der Waals surface area contributed by atoms with Gasteiger partial charge in [-0.15, -0.1) is 0 Å². The van der Waals surface area contributed by atoms with Crippen molar-refractivity contribution in [3.63, 3.8) is 0 Å². The summed E-state index contributed by atoms with van der Waals surface area (Å²) < 4.78 is 5.56. The summed E-state index contributed by atoms with van der Waals surface area (Å²) in [6.07, 6.45) is 0. The molecule has 3 heteroatoms. The molecular weight excluding hydrogens is 219 g/mol. The van der Waals surface area contributed by atoms with Crippen molar-refractivity contribution in [3.05, 3.63) is 28.2 Å². The maximum Gasteiger partial charge on any atom is 0.120 e. The van der Waals surface area contributed by atoms with Crippen LogP contribution in [0.3, 0.4) is 0 Å². The number of ether oxygens (including phenoxy) is 1. The number of benzene rings is 1. The molecule has 14 heavy (non-hydrogen) atoms. The van der Waals surface area contributed by atoms with Gasteiger partial charge in [-0.05, 0) is 17.5 Å². The lowest BCUT2D eigenvalue weighted by molar-refractivity contribution is 0.198. The van der Waals surface area contributed by atoms with Crippen LogP contribution in [0, 0.1) is 5.41 Å². The standard InChI is InChI=1S/C11H14Cl2O/c1-11(2,3)7-14-8-4-5-9(12)10(13)6-8/h4-6H,7H2,1-3H3. The summed E-state index contributed by atoms with van der Waals surface area (Å²) in [6.45, 7) is 7.00. The first-order chi connectivity index (χ1) is 6.38. The highest BCUT2D eigenvalue weighted by Crippen LogP contribution is 2.27. The van der Waals surface area contributed by atoms with E-state index in [-0.39, 0.29) is 5.41 Å². The highest BCUT2D eigenvalue weighted by Gasteiger charge is 2.11. The van der Waals surface area contributed by atoms with Crippen LogP contribution in [-0.2, 0) is 0 Å². The van der Waals surface area contributed by atoms with Crippen LogP contribution >= 0.6 is 23.2 Å². The van der Waals surface area contributed by atoms with Crippen molar-refractivity contribution in [3.8, 4) is 5.75 Å². The van der Waals surface area contributed by atoms with Crippen LogP contribution in [0.15, 0.2) is 18.2 Å². The summed E-state index contributed by atoms with van der Waals surface area (Å²) in [4.78, 5) is 0. The van der Waals surface area contributed by atoms with Crippen molar-refractivity contribution in [2.75, 3.05) is 6.61 Å². The van der Waals surface area contributed by atoms with Crippen molar-refractivity contribution in [1.82, 2.24) is 0 Å². The Morgan fingerprint density at radius 2 is 1.79 bits per heavy atom. The fourth-order valence-electron chi connectivity index (χ4n) is 0.866. The summed E-state index contributed by atoms with van der Waals surface area (Å²) >= 11 is 11.6. The van der Waals surface area contributed by atoms with Crippen molar-refractivity contribution in [1.29, 1.82) is 0 Å². The molecule has 1 aromatic rings. The first-order valence-corrected chi connectivity index (χ1v) is 5.22. The van der Waals surface area contributed by atoms with E-state index in [1.54, 1.807) is 12.1 Å². The first kappa shape index (κ1) is 11.7. The van der Waals surface area contributed by atoms with Gasteiger partial charge in [0.05, 0.1) is 16.7 Å². The molecule has 78 valence electrons. The van der Waals surface area contributed by atoms with Crippen LogP contribution in [-0.4, -0.2) is 6.61 Å². The minimum atomic E-state index is 0.145. The third-order valence-electron chi connectivity index (χ3n) is 1.56. The first-order valence-electron chi connectivity index (χ1n) is 4.46. The van der Waals surface area contributed by atoms with Crippen LogP contribution in [0.25, 0.3) is 0 Å². The van der Waals surface area contributed by atoms with Crippen molar-refractivity contribution < 1.29 is 4.74 Å². The molecule has 0 aliphatic rings. The van der Waals surface area contributed by atoms with Gasteiger partial charge in [0.2, 0.25) is 0 Å². The van der Waals surface area contributed by atoms with Crippen molar-refractivity contribution in [2.24, 2.45) is 5.41 Å². The Kier molecular flexibility index (Phi) is 3.68. The van der Waals surface area contributed by atoms with Gasteiger partial charge in [0.15, 0.2) is 0 Å². The van der Waals surface area contributed by atoms with Crippen molar-refractivity contribution in [2.45, 2.75) is 20.8 Å². The van der Waals surface area contributed by atoms with Crippen LogP contribution in [0.4, 0.5) is 0 Å². The average molecular weight is 233 g/mol. The third-order valence-corrected chi connectivity index (χ3v) is 2.30. The zero-order valence-corrected chi connectivity index (χ0v) is 10.1. The monoisotopic (exact) mass is 232 g/mol. The second-order valence-corrected chi connectivity index (χ2v) is 5.24. The lowest BCUT2D eigenvalue weighted by atomic mass is 9.99. The largest absolute Gasteiger partial charge is 0.493 e. The average Bonchev–Trinajstić information content (AvgIpc) is 2.06. The molecule has 1 nitrogen and oxygen atoms in total. The Balaban J connectivity index is 2.65. The molecule has 0 N–H and O–H groups in total. The fourth-order valence-corrected chi connectivity index (χ4v) is 1.15. The van der Waals surface area contributed by atoms with Gasteiger partial charge in [0.1, 0.15) is 5.75 Å². The van der Waals surface area contributed by atoms with Crippen LogP contribution in [0.5, 0.6) is 5.75 Å². The maximum absolute atomic E-state index is 5.85. The minimum Gasteiger partial charge on any atom is -0.493 e. The van der Waals surface area contributed by atoms with Crippen LogP contribution < -0.4 is 4.74 Å². The second kappa shape index (κ2) is 4.41. The molecule has 0 aliphatic heterocycles. The molecule has 0 saturated carbocycles. The highest BCUT2D eigenvalue weighted by atomic mass is 35.5. The molecule has 0 unspecified atom stereocenters. The lowest BCUT2D eigenvalue weighted by Gasteiger charge is -2.18. The van der Waals surface area contributed by atoms with Gasteiger partial charge in [0.25, 0.3) is 0 Å². The van der Waals surface area contributed by atoms with E-state index in [4.69, 9.17) is 27.9 Å². The van der Waals surface area contributed by atoms with E-state index in [1.807, 2.05) is 6.07 Å². The molecular formula is C11H14Cl2O. The fraction of sp³-hybridized carbons (Fsp3) is 0.455. The summed E-state index contributed by atoms with van der Waals surface area (Å²) in [5, 5.41) is 1.08. The van der Waals surface area contributed by atoms with Gasteiger partial charge in [-0.1, -0.05) is 44.0 Å². The van der Waals surface area contributed by atoms with E-state index in [1.165, 1.54) is 0 Å². The zero-order valence-electron chi connectivity index (χ0n) is 8.60. The predicted molar refractivity (Wildman–Crippen MR) is 61.4 cm³/mol. The molecule has 0 aromatic heterocycles. The summed E-state index contributed by atoms with van der Waals surface area (Å²) in [5.74, 6) is 0.759. The molecule has 0 radical (unpaired) electrons. The molecule has 0 amide bonds. The minimum absolute atomic E-state index is 0.145. The summed E-state index contributed by atoms with van der Waals surface area (Å²) in [7, 11) is 0. The SMILES string of the molecule is CC(C)(C)COc1ccc(Cl)c(Cl)c1. The van der Waals surface area contributed by atoms with E-state index in [9.17, 15) is 0 Å². The molecule has 0 spiro atoms. The van der Waals surface area contributed by atoms with E-state index in [0.29, 0.717) is 16.7 Å². The van der Waals surface area contributed by atoms with E-state index in [0.717, 1.165) is 5.75 Å². The number of hydrogen-bond donors (Lipinski definition) is 0. The number of hydrogen-bond acceptors (Lipinski definition) is 1. The Morgan fingerprint density at radius 1 is 1.14 bits per heavy atom. The number of halogens is 2. The maximum atomic E-state index is 5.85. The van der Waals surface area contributed by atoms with E-state index in [2.05, 4.69) is 20.8 Å². The zero-order chi connectivity index (χ0) is 10.8. The predicted octanol–water partition coefficient (Wildman–Crippen LogP) is 4.42. The molecule has 1 rings (SSSR count). The van der Waals surface area contributed by atoms with Gasteiger partial charge in [-0.25, -0.2) is 0 Å². The molecule has 0 atom stereocenters. The molecule has 0 fully saturated rings. The molecule has 0 heterocycles. The van der Waals surface area contributed by atoms with Gasteiger partial charge < -0.3 is 4.74 Å². The molecule has 0 saturated heterocycles. The quantitative estimate of drug-likeness (QED) is 0.734. The van der Waals surface area contributed by atoms with Crippen LogP contribution in [0.2, 0.25) is 10.0 Å². The Morgan fingerprint density at radius 3 is 2.29 bits per heavy atom. The number of rotatable bonds is 2. The summed E-state index contributed by atoms with van der Waals surface area (Å²) in [6, 6.07) is 5.29. The normalized spacial score (nSPS) is 11.5. The lowest BCUT2D eigenvalue weighted by Crippen LogP contribution is -2.16. The smallest absolute Gasteiger partial charge is 0.120 e. The van der Waals surface area contributed by atoms with E-state index < -0.39 is 0 Å². The summed E-state index contributed by atoms with van der Waals surface area (Å²) in [5.41, 5.74) is 0.145. The third kappa shape index (κ3) is 3.77. The van der Waals surface area contributed by atoms with Gasteiger partial charge >= 0.3 is 0 Å². The Bertz CT molecular complexity index is 316. The molecule has 0 aliphatic carbocycles. The second-order valence-electron chi connectivity index (χ2n) is 4.43. The Labute approximate surface area is 95.0 Å². The Hall–Kier alpha value is -0.400. The van der Waals surface area contributed by atoms with Gasteiger partial charge in [0, 0.05) is 6.07 Å². The highest BCUT2D eigenvalue weighted by molar-refractivity contribution is 6.42. The topological polar surface area (TPSA) is 9.23 Å². The van der Waals surface area contributed by atoms with Gasteiger partial charge in [-0.3, -0.25) is 0 Å².